The van der Waals surface area contributed by atoms with Gasteiger partial charge in [-0.25, -0.2) is 9.98 Å². The number of fused-ring (bicyclic) bond motifs is 1. The number of benzene rings is 1. The molecule has 4 rings (SSSR count). The summed E-state index contributed by atoms with van der Waals surface area (Å²) in [6.07, 6.45) is 4.06. The van der Waals surface area contributed by atoms with Crippen LogP contribution in [0.25, 0.3) is 5.70 Å². The molecular weight excluding hydrogens is 292 g/mol. The number of nitrogens with zero attached hydrogens (tertiary/aromatic N) is 3. The summed E-state index contributed by atoms with van der Waals surface area (Å²) in [6.45, 7) is 3.32. The number of allylic oxidation sites excluding steroid dienone is 1. The predicted molar refractivity (Wildman–Crippen MR) is 86.7 cm³/mol. The van der Waals surface area contributed by atoms with E-state index < -0.39 is 0 Å². The highest BCUT2D eigenvalue weighted by Gasteiger charge is 2.31. The van der Waals surface area contributed by atoms with Crippen LogP contribution in [0.5, 0.6) is 5.75 Å². The summed E-state index contributed by atoms with van der Waals surface area (Å²) in [5, 5.41) is 0. The minimum absolute atomic E-state index is 0.207. The van der Waals surface area contributed by atoms with Crippen LogP contribution in [0.15, 0.2) is 51.8 Å². The van der Waals surface area contributed by atoms with E-state index in [1.54, 1.807) is 12.5 Å². The Hall–Kier alpha value is -2.76. The molecule has 118 valence electrons. The van der Waals surface area contributed by atoms with E-state index in [1.807, 2.05) is 25.1 Å². The van der Waals surface area contributed by atoms with E-state index in [0.29, 0.717) is 30.6 Å². The molecule has 0 fully saturated rings. The highest BCUT2D eigenvalue weighted by atomic mass is 16.5. The SMILES string of the molecule is CC1=C(c2ncco2)N=C(N)CN1[C@H]1CCOc2ccccc21. The monoisotopic (exact) mass is 310 g/mol. The predicted octanol–water partition coefficient (Wildman–Crippen LogP) is 2.56. The number of aliphatic imine (C=N–C) groups is 1. The molecule has 0 radical (unpaired) electrons. The fourth-order valence-corrected chi connectivity index (χ4v) is 3.22. The molecular formula is C17H18N4O2. The lowest BCUT2D eigenvalue weighted by atomic mass is 9.97. The molecule has 2 N–H and O–H groups in total. The summed E-state index contributed by atoms with van der Waals surface area (Å²) in [5.74, 6) is 2.00. The number of hydrogen-bond donors (Lipinski definition) is 1. The fraction of sp³-hybridized carbons (Fsp3) is 0.294. The van der Waals surface area contributed by atoms with Gasteiger partial charge in [0.15, 0.2) is 0 Å². The second-order valence-corrected chi connectivity index (χ2v) is 5.69. The molecule has 23 heavy (non-hydrogen) atoms. The van der Waals surface area contributed by atoms with Gasteiger partial charge in [0.2, 0.25) is 5.89 Å². The zero-order valence-electron chi connectivity index (χ0n) is 12.9. The molecule has 0 saturated heterocycles. The highest BCUT2D eigenvalue weighted by molar-refractivity contribution is 5.90. The van der Waals surface area contributed by atoms with Gasteiger partial charge in [-0.2, -0.15) is 0 Å². The Bertz CT molecular complexity index is 780. The van der Waals surface area contributed by atoms with Gasteiger partial charge in [0, 0.05) is 17.7 Å². The van der Waals surface area contributed by atoms with Crippen LogP contribution in [0.2, 0.25) is 0 Å². The molecule has 2 aliphatic rings. The van der Waals surface area contributed by atoms with Crippen LogP contribution in [0.4, 0.5) is 0 Å². The lowest BCUT2D eigenvalue weighted by Gasteiger charge is -2.39. The third kappa shape index (κ3) is 2.36. The van der Waals surface area contributed by atoms with Crippen molar-refractivity contribution in [3.8, 4) is 5.75 Å². The van der Waals surface area contributed by atoms with Crippen LogP contribution in [-0.4, -0.2) is 28.9 Å². The Balaban J connectivity index is 1.77. The number of amidine groups is 1. The maximum absolute atomic E-state index is 6.08. The van der Waals surface area contributed by atoms with Gasteiger partial charge in [0.25, 0.3) is 0 Å². The highest BCUT2D eigenvalue weighted by Crippen LogP contribution is 2.39. The van der Waals surface area contributed by atoms with E-state index in [2.05, 4.69) is 20.9 Å². The van der Waals surface area contributed by atoms with Crippen LogP contribution < -0.4 is 10.5 Å². The first-order chi connectivity index (χ1) is 11.2. The third-order valence-corrected chi connectivity index (χ3v) is 4.30. The van der Waals surface area contributed by atoms with Crippen molar-refractivity contribution < 1.29 is 9.15 Å². The van der Waals surface area contributed by atoms with Gasteiger partial charge in [-0.3, -0.25) is 0 Å². The van der Waals surface area contributed by atoms with Crippen molar-refractivity contribution in [3.63, 3.8) is 0 Å². The Morgan fingerprint density at radius 1 is 1.30 bits per heavy atom. The molecule has 1 aromatic carbocycles. The topological polar surface area (TPSA) is 76.9 Å². The zero-order valence-corrected chi connectivity index (χ0v) is 12.9. The van der Waals surface area contributed by atoms with Crippen molar-refractivity contribution in [1.82, 2.24) is 9.88 Å². The van der Waals surface area contributed by atoms with Crippen LogP contribution >= 0.6 is 0 Å². The van der Waals surface area contributed by atoms with Crippen molar-refractivity contribution in [2.24, 2.45) is 10.7 Å². The lowest BCUT2D eigenvalue weighted by molar-refractivity contribution is 0.185. The molecule has 0 unspecified atom stereocenters. The number of ether oxygens (including phenoxy) is 1. The molecule has 0 amide bonds. The molecule has 2 aliphatic heterocycles. The number of para-hydroxylation sites is 1. The normalized spacial score (nSPS) is 20.8. The Labute approximate surface area is 134 Å². The van der Waals surface area contributed by atoms with E-state index in [0.717, 1.165) is 17.9 Å². The van der Waals surface area contributed by atoms with Crippen LogP contribution in [-0.2, 0) is 0 Å². The molecule has 0 spiro atoms. The van der Waals surface area contributed by atoms with E-state index in [4.69, 9.17) is 14.9 Å². The average molecular weight is 310 g/mol. The molecule has 6 heteroatoms. The van der Waals surface area contributed by atoms with E-state index >= 15 is 0 Å². The van der Waals surface area contributed by atoms with Gasteiger partial charge in [0.1, 0.15) is 23.5 Å². The minimum Gasteiger partial charge on any atom is -0.493 e. The van der Waals surface area contributed by atoms with Gasteiger partial charge in [0.05, 0.1) is 25.4 Å². The molecule has 1 aromatic heterocycles. The third-order valence-electron chi connectivity index (χ3n) is 4.30. The average Bonchev–Trinajstić information content (AvgIpc) is 3.10. The molecule has 0 aliphatic carbocycles. The summed E-state index contributed by atoms with van der Waals surface area (Å²) in [6, 6.07) is 8.36. The summed E-state index contributed by atoms with van der Waals surface area (Å²) in [5.41, 5.74) is 8.98. The number of aromatic nitrogens is 1. The summed E-state index contributed by atoms with van der Waals surface area (Å²) < 4.78 is 11.2. The van der Waals surface area contributed by atoms with Crippen molar-refractivity contribution in [2.75, 3.05) is 13.2 Å². The summed E-state index contributed by atoms with van der Waals surface area (Å²) >= 11 is 0. The first kappa shape index (κ1) is 13.9. The minimum atomic E-state index is 0.207. The molecule has 3 heterocycles. The summed E-state index contributed by atoms with van der Waals surface area (Å²) in [7, 11) is 0. The van der Waals surface area contributed by atoms with E-state index in [-0.39, 0.29) is 6.04 Å². The number of nitrogens with two attached hydrogens (primary N) is 1. The molecule has 1 atom stereocenters. The molecule has 2 aromatic rings. The maximum Gasteiger partial charge on any atom is 0.246 e. The van der Waals surface area contributed by atoms with Crippen molar-refractivity contribution in [2.45, 2.75) is 19.4 Å². The first-order valence-corrected chi connectivity index (χ1v) is 7.66. The van der Waals surface area contributed by atoms with Crippen molar-refractivity contribution in [3.05, 3.63) is 53.9 Å². The number of oxazole rings is 1. The van der Waals surface area contributed by atoms with Gasteiger partial charge < -0.3 is 19.8 Å². The van der Waals surface area contributed by atoms with Crippen molar-refractivity contribution >= 4 is 11.5 Å². The molecule has 0 saturated carbocycles. The number of hydrogen-bond acceptors (Lipinski definition) is 6. The van der Waals surface area contributed by atoms with E-state index in [1.165, 1.54) is 5.56 Å². The first-order valence-electron chi connectivity index (χ1n) is 7.66. The zero-order chi connectivity index (χ0) is 15.8. The van der Waals surface area contributed by atoms with Gasteiger partial charge in [-0.15, -0.1) is 0 Å². The largest absolute Gasteiger partial charge is 0.493 e. The van der Waals surface area contributed by atoms with Gasteiger partial charge in [-0.05, 0) is 13.0 Å². The maximum atomic E-state index is 6.08. The Morgan fingerprint density at radius 2 is 2.17 bits per heavy atom. The standard InChI is InChI=1S/C17H18N4O2/c1-11-16(17-19-7-9-23-17)20-15(18)10-21(11)13-6-8-22-14-5-3-2-4-12(13)14/h2-5,7,9,13H,6,8,10H2,1H3,(H2,18,20)/t13-/m0/s1. The van der Waals surface area contributed by atoms with Crippen LogP contribution in [0.3, 0.4) is 0 Å². The Morgan fingerprint density at radius 3 is 3.00 bits per heavy atom. The lowest BCUT2D eigenvalue weighted by Crippen LogP contribution is -2.40. The van der Waals surface area contributed by atoms with Crippen LogP contribution in [0, 0.1) is 0 Å². The summed E-state index contributed by atoms with van der Waals surface area (Å²) in [4.78, 5) is 10.9. The molecule has 6 nitrogen and oxygen atoms in total. The van der Waals surface area contributed by atoms with Crippen LogP contribution in [0.1, 0.15) is 30.8 Å². The number of rotatable bonds is 2. The van der Waals surface area contributed by atoms with E-state index in [9.17, 15) is 0 Å². The van der Waals surface area contributed by atoms with Crippen molar-refractivity contribution in [1.29, 1.82) is 0 Å². The Kier molecular flexibility index (Phi) is 3.29. The second kappa shape index (κ2) is 5.46. The van der Waals surface area contributed by atoms with Gasteiger partial charge >= 0.3 is 0 Å². The van der Waals surface area contributed by atoms with Gasteiger partial charge in [-0.1, -0.05) is 18.2 Å². The molecule has 0 bridgehead atoms. The fourth-order valence-electron chi connectivity index (χ4n) is 3.22. The quantitative estimate of drug-likeness (QED) is 0.922. The second-order valence-electron chi connectivity index (χ2n) is 5.69. The smallest absolute Gasteiger partial charge is 0.246 e.